The maximum Gasteiger partial charge on any atom is 0.274 e. The Morgan fingerprint density at radius 2 is 2.07 bits per heavy atom. The lowest BCUT2D eigenvalue weighted by molar-refractivity contribution is -0.143. The van der Waals surface area contributed by atoms with E-state index in [-0.39, 0.29) is 11.9 Å². The molecule has 0 radical (unpaired) electrons. The minimum absolute atomic E-state index is 0.0225. The van der Waals surface area contributed by atoms with Gasteiger partial charge in [-0.1, -0.05) is 13.3 Å². The van der Waals surface area contributed by atoms with Crippen LogP contribution in [0, 0.1) is 0 Å². The fourth-order valence-electron chi connectivity index (χ4n) is 3.41. The Morgan fingerprint density at radius 3 is 2.63 bits per heavy atom. The number of likely N-dealkylation sites (tertiary alicyclic amines) is 1. The Labute approximate surface area is 160 Å². The maximum atomic E-state index is 13.9. The molecule has 1 saturated heterocycles. The number of nitrogens with zero attached hydrogens (tertiary/aromatic N) is 3. The number of aromatic nitrogens is 2. The molecule has 0 saturated carbocycles. The van der Waals surface area contributed by atoms with E-state index in [1.54, 1.807) is 23.0 Å². The highest BCUT2D eigenvalue weighted by atomic mass is 19.1. The van der Waals surface area contributed by atoms with Gasteiger partial charge in [0.2, 0.25) is 0 Å². The molecule has 1 aromatic heterocycles. The molecule has 1 aliphatic rings. The van der Waals surface area contributed by atoms with Gasteiger partial charge in [-0.05, 0) is 39.2 Å². The van der Waals surface area contributed by atoms with E-state index in [0.717, 1.165) is 18.5 Å². The van der Waals surface area contributed by atoms with Gasteiger partial charge in [0, 0.05) is 38.5 Å². The number of piperidine rings is 1. The van der Waals surface area contributed by atoms with Crippen molar-refractivity contribution in [2.75, 3.05) is 33.4 Å². The van der Waals surface area contributed by atoms with Crippen LogP contribution in [0.25, 0.3) is 0 Å². The van der Waals surface area contributed by atoms with Crippen molar-refractivity contribution in [1.29, 1.82) is 0 Å². The second-order valence-electron chi connectivity index (χ2n) is 7.52. The largest absolute Gasteiger partial charge is 0.383 e. The van der Waals surface area contributed by atoms with Crippen LogP contribution in [0.5, 0.6) is 0 Å². The summed E-state index contributed by atoms with van der Waals surface area (Å²) in [6.45, 7) is 6.39. The number of amides is 2. The highest BCUT2D eigenvalue weighted by Crippen LogP contribution is 2.22. The van der Waals surface area contributed by atoms with E-state index < -0.39 is 11.6 Å². The van der Waals surface area contributed by atoms with Gasteiger partial charge in [-0.15, -0.1) is 0 Å². The molecular formula is C19H31FN4O3. The van der Waals surface area contributed by atoms with Crippen molar-refractivity contribution in [3.8, 4) is 0 Å². The number of aryl methyl sites for hydroxylation is 1. The molecule has 7 nitrogen and oxygen atoms in total. The highest BCUT2D eigenvalue weighted by molar-refractivity contribution is 5.92. The van der Waals surface area contributed by atoms with E-state index >= 15 is 0 Å². The minimum Gasteiger partial charge on any atom is -0.383 e. The number of hydrogen-bond acceptors (Lipinski definition) is 4. The Kier molecular flexibility index (Phi) is 7.35. The molecule has 8 heteroatoms. The molecule has 2 heterocycles. The monoisotopic (exact) mass is 382 g/mol. The SMILES string of the molecule is CCCc1cc(C(=O)N(CCOC)C2CCN(C(=O)C(C)(C)F)CC2)n[nH]1. The van der Waals surface area contributed by atoms with Gasteiger partial charge >= 0.3 is 0 Å². The van der Waals surface area contributed by atoms with Crippen molar-refractivity contribution >= 4 is 11.8 Å². The number of nitrogens with one attached hydrogen (secondary N) is 1. The molecule has 1 fully saturated rings. The second kappa shape index (κ2) is 9.30. The van der Waals surface area contributed by atoms with E-state index in [1.165, 1.54) is 13.8 Å². The number of ether oxygens (including phenoxy) is 1. The van der Waals surface area contributed by atoms with Gasteiger partial charge in [-0.2, -0.15) is 5.10 Å². The van der Waals surface area contributed by atoms with Crippen LogP contribution >= 0.6 is 0 Å². The first-order valence-electron chi connectivity index (χ1n) is 9.60. The average molecular weight is 382 g/mol. The van der Waals surface area contributed by atoms with Gasteiger partial charge < -0.3 is 14.5 Å². The Hall–Kier alpha value is -1.96. The first-order valence-corrected chi connectivity index (χ1v) is 9.60. The zero-order valence-corrected chi connectivity index (χ0v) is 16.8. The molecule has 0 bridgehead atoms. The van der Waals surface area contributed by atoms with Crippen molar-refractivity contribution in [1.82, 2.24) is 20.0 Å². The van der Waals surface area contributed by atoms with Crippen LogP contribution in [0.4, 0.5) is 4.39 Å². The molecule has 0 spiro atoms. The van der Waals surface area contributed by atoms with E-state index in [4.69, 9.17) is 4.74 Å². The van der Waals surface area contributed by atoms with E-state index in [0.29, 0.717) is 44.8 Å². The quantitative estimate of drug-likeness (QED) is 0.748. The number of rotatable bonds is 8. The maximum absolute atomic E-state index is 13.9. The van der Waals surface area contributed by atoms with Gasteiger partial charge in [0.25, 0.3) is 11.8 Å². The molecule has 2 amide bonds. The number of carbonyl (C=O) groups excluding carboxylic acids is 2. The van der Waals surface area contributed by atoms with Gasteiger partial charge in [-0.3, -0.25) is 14.7 Å². The predicted octanol–water partition coefficient (Wildman–Crippen LogP) is 2.19. The summed E-state index contributed by atoms with van der Waals surface area (Å²) in [5.74, 6) is -0.631. The molecule has 0 unspecified atom stereocenters. The molecular weight excluding hydrogens is 351 g/mol. The number of hydrogen-bond donors (Lipinski definition) is 1. The summed E-state index contributed by atoms with van der Waals surface area (Å²) in [5, 5.41) is 7.08. The highest BCUT2D eigenvalue weighted by Gasteiger charge is 2.36. The molecule has 1 N–H and O–H groups in total. The molecule has 0 atom stereocenters. The van der Waals surface area contributed by atoms with Crippen LogP contribution < -0.4 is 0 Å². The standard InChI is InChI=1S/C19H31FN4O3/c1-5-6-14-13-16(22-21-14)17(25)24(11-12-27-4)15-7-9-23(10-8-15)18(26)19(2,3)20/h13,15H,5-12H2,1-4H3,(H,21,22). The third kappa shape index (κ3) is 5.51. The minimum atomic E-state index is -1.87. The predicted molar refractivity (Wildman–Crippen MR) is 100 cm³/mol. The average Bonchev–Trinajstić information content (AvgIpc) is 3.10. The summed E-state index contributed by atoms with van der Waals surface area (Å²) in [7, 11) is 1.60. The number of H-pyrrole nitrogens is 1. The topological polar surface area (TPSA) is 78.5 Å². The number of methoxy groups -OCH3 is 1. The van der Waals surface area contributed by atoms with Crippen molar-refractivity contribution in [3.05, 3.63) is 17.5 Å². The summed E-state index contributed by atoms with van der Waals surface area (Å²) in [5.41, 5.74) is -0.528. The fraction of sp³-hybridized carbons (Fsp3) is 0.737. The first-order chi connectivity index (χ1) is 12.8. The summed E-state index contributed by atoms with van der Waals surface area (Å²) in [6.07, 6.45) is 3.05. The van der Waals surface area contributed by atoms with Crippen LogP contribution in [0.3, 0.4) is 0 Å². The summed E-state index contributed by atoms with van der Waals surface area (Å²) < 4.78 is 19.1. The van der Waals surface area contributed by atoms with Crippen molar-refractivity contribution in [2.45, 2.75) is 58.2 Å². The Morgan fingerprint density at radius 1 is 1.41 bits per heavy atom. The van der Waals surface area contributed by atoms with Crippen LogP contribution in [0.15, 0.2) is 6.07 Å². The van der Waals surface area contributed by atoms with Crippen molar-refractivity contribution in [2.24, 2.45) is 0 Å². The Bertz CT molecular complexity index is 633. The summed E-state index contributed by atoms with van der Waals surface area (Å²) >= 11 is 0. The lowest BCUT2D eigenvalue weighted by Crippen LogP contribution is -2.52. The van der Waals surface area contributed by atoms with Crippen LogP contribution in [0.1, 0.15) is 56.2 Å². The van der Waals surface area contributed by atoms with E-state index in [9.17, 15) is 14.0 Å². The van der Waals surface area contributed by atoms with Gasteiger partial charge in [0.1, 0.15) is 5.69 Å². The van der Waals surface area contributed by atoms with Crippen LogP contribution in [0.2, 0.25) is 0 Å². The first kappa shape index (κ1) is 21.3. The van der Waals surface area contributed by atoms with E-state index in [2.05, 4.69) is 17.1 Å². The molecule has 152 valence electrons. The second-order valence-corrected chi connectivity index (χ2v) is 7.52. The van der Waals surface area contributed by atoms with Gasteiger partial charge in [0.15, 0.2) is 5.67 Å². The van der Waals surface area contributed by atoms with Crippen molar-refractivity contribution in [3.63, 3.8) is 0 Å². The molecule has 0 aliphatic carbocycles. The molecule has 1 aromatic rings. The normalized spacial score (nSPS) is 15.8. The van der Waals surface area contributed by atoms with Crippen LogP contribution in [-0.2, 0) is 16.0 Å². The number of aromatic amines is 1. The molecule has 0 aromatic carbocycles. The van der Waals surface area contributed by atoms with E-state index in [1.807, 2.05) is 0 Å². The lowest BCUT2D eigenvalue weighted by Gasteiger charge is -2.39. The van der Waals surface area contributed by atoms with Crippen LogP contribution in [-0.4, -0.2) is 76.9 Å². The van der Waals surface area contributed by atoms with Crippen molar-refractivity contribution < 1.29 is 18.7 Å². The summed E-state index contributed by atoms with van der Waals surface area (Å²) in [6, 6.07) is 1.78. The third-order valence-corrected chi connectivity index (χ3v) is 4.87. The Balaban J connectivity index is 2.05. The molecule has 2 rings (SSSR count). The summed E-state index contributed by atoms with van der Waals surface area (Å²) in [4.78, 5) is 28.4. The number of alkyl halides is 1. The zero-order chi connectivity index (χ0) is 20.0. The molecule has 27 heavy (non-hydrogen) atoms. The number of carbonyl (C=O) groups is 2. The third-order valence-electron chi connectivity index (χ3n) is 4.87. The van der Waals surface area contributed by atoms with Gasteiger partial charge in [0.05, 0.1) is 6.61 Å². The van der Waals surface area contributed by atoms with Gasteiger partial charge in [-0.25, -0.2) is 4.39 Å². The lowest BCUT2D eigenvalue weighted by atomic mass is 10.0. The fourth-order valence-corrected chi connectivity index (χ4v) is 3.41. The zero-order valence-electron chi connectivity index (χ0n) is 16.8. The number of halogens is 1. The molecule has 1 aliphatic heterocycles. The smallest absolute Gasteiger partial charge is 0.274 e.